The average Bonchev–Trinajstić information content (AvgIpc) is 1.94. The molecule has 0 bridgehead atoms. The van der Waals surface area contributed by atoms with Crippen molar-refractivity contribution < 1.29 is 14.7 Å². The van der Waals surface area contributed by atoms with Crippen LogP contribution in [0.2, 0.25) is 0 Å². The van der Waals surface area contributed by atoms with Gasteiger partial charge in [0.25, 0.3) is 0 Å². The van der Waals surface area contributed by atoms with Gasteiger partial charge in [0, 0.05) is 19.0 Å². The Morgan fingerprint density at radius 3 is 2.92 bits per heavy atom. The Morgan fingerprint density at radius 1 is 1.75 bits per heavy atom. The molecule has 12 heavy (non-hydrogen) atoms. The molecule has 0 aromatic rings. The minimum Gasteiger partial charge on any atom is -0.465 e. The van der Waals surface area contributed by atoms with Crippen molar-refractivity contribution in [2.24, 2.45) is 5.73 Å². The van der Waals surface area contributed by atoms with Crippen molar-refractivity contribution in [3.8, 4) is 0 Å². The first-order chi connectivity index (χ1) is 5.59. The summed E-state index contributed by atoms with van der Waals surface area (Å²) in [6, 6.07) is -0.796. The van der Waals surface area contributed by atoms with Gasteiger partial charge in [0.05, 0.1) is 6.04 Å². The van der Waals surface area contributed by atoms with E-state index in [1.165, 1.54) is 0 Å². The van der Waals surface area contributed by atoms with Crippen LogP contribution >= 0.6 is 0 Å². The maximum atomic E-state index is 10.7. The van der Waals surface area contributed by atoms with Crippen molar-refractivity contribution in [3.05, 3.63) is 0 Å². The number of nitrogens with two attached hydrogens (primary N) is 1. The van der Waals surface area contributed by atoms with E-state index in [2.05, 4.69) is 10.6 Å². The van der Waals surface area contributed by atoms with E-state index in [4.69, 9.17) is 10.8 Å². The fourth-order valence-corrected chi connectivity index (χ4v) is 1.12. The first-order valence-electron chi connectivity index (χ1n) is 3.61. The first kappa shape index (κ1) is 8.79. The number of hydrogen-bond donors (Lipinski definition) is 4. The SMILES string of the molecule is N[C@H]1CC(=O)NC[C@@H]1NC(=O)O. The van der Waals surface area contributed by atoms with Gasteiger partial charge in [-0.25, -0.2) is 4.79 Å². The fourth-order valence-electron chi connectivity index (χ4n) is 1.12. The summed E-state index contributed by atoms with van der Waals surface area (Å²) in [5, 5.41) is 13.1. The van der Waals surface area contributed by atoms with Gasteiger partial charge >= 0.3 is 6.09 Å². The molecular weight excluding hydrogens is 162 g/mol. The second-order valence-corrected chi connectivity index (χ2v) is 2.73. The van der Waals surface area contributed by atoms with Gasteiger partial charge in [-0.05, 0) is 0 Å². The van der Waals surface area contributed by atoms with Crippen molar-refractivity contribution in [2.45, 2.75) is 18.5 Å². The highest BCUT2D eigenvalue weighted by molar-refractivity contribution is 5.78. The van der Waals surface area contributed by atoms with Crippen LogP contribution in [0.4, 0.5) is 4.79 Å². The van der Waals surface area contributed by atoms with Crippen LogP contribution in [0.5, 0.6) is 0 Å². The Kier molecular flexibility index (Phi) is 2.49. The Bertz CT molecular complexity index is 206. The van der Waals surface area contributed by atoms with E-state index in [1.807, 2.05) is 0 Å². The Morgan fingerprint density at radius 2 is 2.42 bits per heavy atom. The molecular formula is C6H11N3O3. The maximum absolute atomic E-state index is 10.7. The Hall–Kier alpha value is -1.30. The number of nitrogens with one attached hydrogen (secondary N) is 2. The molecule has 68 valence electrons. The van der Waals surface area contributed by atoms with E-state index in [1.54, 1.807) is 0 Å². The molecule has 1 saturated heterocycles. The van der Waals surface area contributed by atoms with Crippen LogP contribution in [0, 0.1) is 0 Å². The van der Waals surface area contributed by atoms with E-state index in [-0.39, 0.29) is 24.9 Å². The van der Waals surface area contributed by atoms with Gasteiger partial charge in [0.15, 0.2) is 0 Å². The molecule has 2 amide bonds. The molecule has 1 aliphatic heterocycles. The van der Waals surface area contributed by atoms with Gasteiger partial charge in [-0.3, -0.25) is 4.79 Å². The summed E-state index contributed by atoms with van der Waals surface area (Å²) in [6.45, 7) is 0.270. The molecule has 0 spiro atoms. The highest BCUT2D eigenvalue weighted by Crippen LogP contribution is 2.01. The third-order valence-electron chi connectivity index (χ3n) is 1.77. The van der Waals surface area contributed by atoms with E-state index >= 15 is 0 Å². The van der Waals surface area contributed by atoms with Gasteiger partial charge < -0.3 is 21.5 Å². The van der Waals surface area contributed by atoms with Crippen LogP contribution in [-0.4, -0.2) is 35.7 Å². The molecule has 5 N–H and O–H groups in total. The van der Waals surface area contributed by atoms with Gasteiger partial charge in [0.1, 0.15) is 0 Å². The highest BCUT2D eigenvalue weighted by Gasteiger charge is 2.26. The van der Waals surface area contributed by atoms with Crippen LogP contribution in [0.15, 0.2) is 0 Å². The molecule has 1 fully saturated rings. The summed E-state index contributed by atoms with van der Waals surface area (Å²) in [4.78, 5) is 21.0. The van der Waals surface area contributed by atoms with Crippen LogP contribution in [0.1, 0.15) is 6.42 Å². The van der Waals surface area contributed by atoms with Gasteiger partial charge in [-0.1, -0.05) is 0 Å². The summed E-state index contributed by atoms with van der Waals surface area (Å²) in [6.07, 6.45) is -0.947. The van der Waals surface area contributed by atoms with Crippen molar-refractivity contribution in [1.29, 1.82) is 0 Å². The molecule has 0 unspecified atom stereocenters. The number of carboxylic acid groups (broad SMARTS) is 1. The van der Waals surface area contributed by atoms with Gasteiger partial charge in [-0.15, -0.1) is 0 Å². The number of hydrogen-bond acceptors (Lipinski definition) is 3. The zero-order valence-corrected chi connectivity index (χ0v) is 6.41. The van der Waals surface area contributed by atoms with Crippen molar-refractivity contribution in [1.82, 2.24) is 10.6 Å². The van der Waals surface area contributed by atoms with Crippen LogP contribution in [-0.2, 0) is 4.79 Å². The van der Waals surface area contributed by atoms with Gasteiger partial charge in [-0.2, -0.15) is 0 Å². The molecule has 1 rings (SSSR count). The zero-order valence-electron chi connectivity index (χ0n) is 6.41. The standard InChI is InChI=1S/C6H11N3O3/c7-3-1-5(10)8-2-4(3)9-6(11)12/h3-4,9H,1-2,7H2,(H,8,10)(H,11,12)/t3-,4-/m0/s1. The normalized spacial score (nSPS) is 29.2. The fraction of sp³-hybridized carbons (Fsp3) is 0.667. The number of carbonyl (C=O) groups is 2. The quantitative estimate of drug-likeness (QED) is 0.386. The predicted molar refractivity (Wildman–Crippen MR) is 40.6 cm³/mol. The minimum atomic E-state index is -1.12. The summed E-state index contributed by atoms with van der Waals surface area (Å²) in [5.41, 5.74) is 5.53. The Labute approximate surface area is 69.1 Å². The lowest BCUT2D eigenvalue weighted by molar-refractivity contribution is -0.122. The number of amides is 2. The zero-order chi connectivity index (χ0) is 9.14. The highest BCUT2D eigenvalue weighted by atomic mass is 16.4. The molecule has 0 aromatic carbocycles. The van der Waals surface area contributed by atoms with E-state index in [0.717, 1.165) is 0 Å². The lowest BCUT2D eigenvalue weighted by Gasteiger charge is -2.28. The molecule has 6 heteroatoms. The molecule has 0 saturated carbocycles. The minimum absolute atomic E-state index is 0.133. The summed E-state index contributed by atoms with van der Waals surface area (Å²) >= 11 is 0. The smallest absolute Gasteiger partial charge is 0.404 e. The Balaban J connectivity index is 2.45. The van der Waals surface area contributed by atoms with Crippen LogP contribution < -0.4 is 16.4 Å². The third kappa shape index (κ3) is 2.09. The second kappa shape index (κ2) is 3.40. The number of carbonyl (C=O) groups excluding carboxylic acids is 1. The van der Waals surface area contributed by atoms with E-state index in [0.29, 0.717) is 0 Å². The van der Waals surface area contributed by atoms with Crippen LogP contribution in [0.3, 0.4) is 0 Å². The average molecular weight is 173 g/mol. The lowest BCUT2D eigenvalue weighted by Crippen LogP contribution is -2.58. The van der Waals surface area contributed by atoms with Crippen molar-refractivity contribution in [2.75, 3.05) is 6.54 Å². The summed E-state index contributed by atoms with van der Waals surface area (Å²) in [7, 11) is 0. The molecule has 1 aliphatic rings. The van der Waals surface area contributed by atoms with Gasteiger partial charge in [0.2, 0.25) is 5.91 Å². The van der Waals surface area contributed by atoms with E-state index in [9.17, 15) is 9.59 Å². The van der Waals surface area contributed by atoms with Crippen LogP contribution in [0.25, 0.3) is 0 Å². The molecule has 6 nitrogen and oxygen atoms in total. The first-order valence-corrected chi connectivity index (χ1v) is 3.61. The molecule has 0 aliphatic carbocycles. The monoisotopic (exact) mass is 173 g/mol. The summed E-state index contributed by atoms with van der Waals surface area (Å²) < 4.78 is 0. The third-order valence-corrected chi connectivity index (χ3v) is 1.77. The molecule has 0 radical (unpaired) electrons. The van der Waals surface area contributed by atoms with E-state index < -0.39 is 12.1 Å². The van der Waals surface area contributed by atoms with Crippen molar-refractivity contribution >= 4 is 12.0 Å². The predicted octanol–water partition coefficient (Wildman–Crippen LogP) is -1.53. The second-order valence-electron chi connectivity index (χ2n) is 2.73. The molecule has 0 aromatic heterocycles. The summed E-state index contributed by atoms with van der Waals surface area (Å²) in [5.74, 6) is -0.133. The largest absolute Gasteiger partial charge is 0.465 e. The molecule has 1 heterocycles. The molecule has 2 atom stereocenters. The van der Waals surface area contributed by atoms with Crippen molar-refractivity contribution in [3.63, 3.8) is 0 Å². The number of piperidine rings is 1. The lowest BCUT2D eigenvalue weighted by atomic mass is 10.0. The maximum Gasteiger partial charge on any atom is 0.404 e. The topological polar surface area (TPSA) is 104 Å². The number of rotatable bonds is 1.